The van der Waals surface area contributed by atoms with E-state index < -0.39 is 50.7 Å². The van der Waals surface area contributed by atoms with E-state index in [2.05, 4.69) is 5.32 Å². The number of rotatable bonds is 15. The van der Waals surface area contributed by atoms with Crippen LogP contribution in [0.15, 0.2) is 59.5 Å². The highest BCUT2D eigenvalue weighted by atomic mass is 32.2. The van der Waals surface area contributed by atoms with Gasteiger partial charge in [-0.3, -0.25) is 4.79 Å². The second-order valence-corrected chi connectivity index (χ2v) is 14.6. The van der Waals surface area contributed by atoms with Crippen LogP contribution in [0.1, 0.15) is 31.4 Å². The summed E-state index contributed by atoms with van der Waals surface area (Å²) < 4.78 is 59.7. The first kappa shape index (κ1) is 33.1. The summed E-state index contributed by atoms with van der Waals surface area (Å²) in [6.07, 6.45) is 0.389. The quantitative estimate of drug-likeness (QED) is 0.269. The first-order valence-corrected chi connectivity index (χ1v) is 16.9. The minimum atomic E-state index is -4.02. The summed E-state index contributed by atoms with van der Waals surface area (Å²) in [6.45, 7) is 3.46. The Morgan fingerprint density at radius 2 is 1.68 bits per heavy atom. The number of benzene rings is 2. The molecule has 0 unspecified atom stereocenters. The van der Waals surface area contributed by atoms with Crippen LogP contribution in [0.4, 0.5) is 0 Å². The molecule has 1 aliphatic rings. The molecule has 13 heteroatoms. The predicted octanol–water partition coefficient (Wildman–Crippen LogP) is 0.965. The molecule has 0 aromatic heterocycles. The third-order valence-corrected chi connectivity index (χ3v) is 9.98. The smallest absolute Gasteiger partial charge is 0.243 e. The summed E-state index contributed by atoms with van der Waals surface area (Å²) >= 11 is 0. The zero-order chi connectivity index (χ0) is 30.2. The number of carbonyl (C=O) groups excluding carboxylic acids is 1. The van der Waals surface area contributed by atoms with E-state index in [4.69, 9.17) is 4.74 Å². The molecule has 0 spiro atoms. The van der Waals surface area contributed by atoms with Gasteiger partial charge in [0.2, 0.25) is 26.0 Å². The van der Waals surface area contributed by atoms with Crippen molar-refractivity contribution in [2.45, 2.75) is 56.4 Å². The van der Waals surface area contributed by atoms with Crippen molar-refractivity contribution in [3.05, 3.63) is 65.7 Å². The number of sulfonamides is 2. The highest BCUT2D eigenvalue weighted by Crippen LogP contribution is 2.20. The lowest BCUT2D eigenvalue weighted by atomic mass is 10.0. The van der Waals surface area contributed by atoms with Crippen LogP contribution in [-0.4, -0.2) is 98.9 Å². The van der Waals surface area contributed by atoms with Crippen LogP contribution >= 0.6 is 0 Å². The molecule has 3 N–H and O–H groups in total. The summed E-state index contributed by atoms with van der Waals surface area (Å²) in [7, 11) is -7.74. The third kappa shape index (κ3) is 9.57. The minimum absolute atomic E-state index is 0.0220. The fourth-order valence-electron chi connectivity index (χ4n) is 4.74. The molecule has 1 fully saturated rings. The maximum absolute atomic E-state index is 13.6. The third-order valence-electron chi connectivity index (χ3n) is 6.85. The van der Waals surface area contributed by atoms with E-state index in [1.54, 1.807) is 0 Å². The van der Waals surface area contributed by atoms with Crippen molar-refractivity contribution in [2.24, 2.45) is 5.92 Å². The molecule has 2 aromatic rings. The Kier molecular flexibility index (Phi) is 11.9. The summed E-state index contributed by atoms with van der Waals surface area (Å²) in [5, 5.41) is 23.5. The van der Waals surface area contributed by atoms with Crippen LogP contribution in [0.5, 0.6) is 0 Å². The van der Waals surface area contributed by atoms with Crippen LogP contribution in [-0.2, 0) is 42.6 Å². The molecule has 41 heavy (non-hydrogen) atoms. The molecule has 0 radical (unpaired) electrons. The lowest BCUT2D eigenvalue weighted by molar-refractivity contribution is -0.123. The normalized spacial score (nSPS) is 17.7. The Bertz CT molecular complexity index is 1330. The van der Waals surface area contributed by atoms with Gasteiger partial charge < -0.3 is 20.3 Å². The number of hydrogen-bond donors (Lipinski definition) is 3. The maximum Gasteiger partial charge on any atom is 0.243 e. The van der Waals surface area contributed by atoms with Crippen molar-refractivity contribution in [3.63, 3.8) is 0 Å². The van der Waals surface area contributed by atoms with Crippen LogP contribution < -0.4 is 5.32 Å². The molecule has 2 aromatic carbocycles. The molecule has 11 nitrogen and oxygen atoms in total. The Labute approximate surface area is 243 Å². The van der Waals surface area contributed by atoms with Crippen molar-refractivity contribution < 1.29 is 36.6 Å². The monoisotopic (exact) mass is 611 g/mol. The Balaban J connectivity index is 1.85. The molecule has 0 aliphatic carbocycles. The second-order valence-electron chi connectivity index (χ2n) is 10.8. The fourth-order valence-corrected chi connectivity index (χ4v) is 7.42. The molecule has 1 amide bonds. The van der Waals surface area contributed by atoms with Gasteiger partial charge in [-0.15, -0.1) is 0 Å². The average Bonchev–Trinajstić information content (AvgIpc) is 3.45. The van der Waals surface area contributed by atoms with Crippen LogP contribution in [0.25, 0.3) is 0 Å². The molecule has 228 valence electrons. The topological polar surface area (TPSA) is 154 Å². The van der Waals surface area contributed by atoms with Gasteiger partial charge in [0.05, 0.1) is 49.1 Å². The molecule has 1 aliphatic heterocycles. The maximum atomic E-state index is 13.6. The second kappa shape index (κ2) is 14.7. The number of hydrogen-bond acceptors (Lipinski definition) is 8. The molecule has 1 heterocycles. The minimum Gasteiger partial charge on any atom is -0.392 e. The van der Waals surface area contributed by atoms with Gasteiger partial charge in [0.1, 0.15) is 0 Å². The number of nitrogens with one attached hydrogen (secondary N) is 1. The van der Waals surface area contributed by atoms with E-state index in [0.29, 0.717) is 18.6 Å². The number of aliphatic hydroxyl groups is 2. The molecule has 3 atom stereocenters. The number of nitrogens with zero attached hydrogens (tertiary/aromatic N) is 2. The highest BCUT2D eigenvalue weighted by molar-refractivity contribution is 7.89. The van der Waals surface area contributed by atoms with E-state index >= 15 is 0 Å². The first-order chi connectivity index (χ1) is 19.3. The zero-order valence-corrected chi connectivity index (χ0v) is 25.4. The number of ether oxygens (including phenoxy) is 1. The van der Waals surface area contributed by atoms with Crippen molar-refractivity contribution >= 4 is 26.0 Å². The number of carbonyl (C=O) groups is 1. The summed E-state index contributed by atoms with van der Waals surface area (Å²) in [5.41, 5.74) is 1.37. The van der Waals surface area contributed by atoms with Crippen LogP contribution in [0.3, 0.4) is 0 Å². The van der Waals surface area contributed by atoms with Gasteiger partial charge >= 0.3 is 0 Å². The van der Waals surface area contributed by atoms with E-state index in [1.165, 1.54) is 28.6 Å². The lowest BCUT2D eigenvalue weighted by Crippen LogP contribution is -2.54. The van der Waals surface area contributed by atoms with E-state index in [-0.39, 0.29) is 43.5 Å². The standard InChI is InChI=1S/C28H41N3O8S2/c1-21(2)16-30(41(37,38)25-11-9-23(19-32)10-12-25)17-27(33)26(15-22-7-5-4-6-8-22)29-28(34)18-31(40(3,35)36)24-13-14-39-20-24/h4-12,21,24,26-27,32-33H,13-20H2,1-3H3,(H,29,34)/t24-,26-,27+/m0/s1. The summed E-state index contributed by atoms with van der Waals surface area (Å²) in [6, 6.07) is 13.6. The van der Waals surface area contributed by atoms with Gasteiger partial charge in [0.15, 0.2) is 0 Å². The molecule has 1 saturated heterocycles. The van der Waals surface area contributed by atoms with Gasteiger partial charge in [-0.25, -0.2) is 16.8 Å². The van der Waals surface area contributed by atoms with Gasteiger partial charge in [-0.1, -0.05) is 56.3 Å². The van der Waals surface area contributed by atoms with Gasteiger partial charge in [0, 0.05) is 19.7 Å². The molecular weight excluding hydrogens is 570 g/mol. The molecule has 0 saturated carbocycles. The van der Waals surface area contributed by atoms with E-state index in [1.807, 2.05) is 44.2 Å². The van der Waals surface area contributed by atoms with Crippen molar-refractivity contribution in [2.75, 3.05) is 39.1 Å². The average molecular weight is 612 g/mol. The van der Waals surface area contributed by atoms with Crippen LogP contribution in [0.2, 0.25) is 0 Å². The van der Waals surface area contributed by atoms with Crippen molar-refractivity contribution in [1.82, 2.24) is 13.9 Å². The van der Waals surface area contributed by atoms with Gasteiger partial charge in [-0.2, -0.15) is 8.61 Å². The largest absolute Gasteiger partial charge is 0.392 e. The van der Waals surface area contributed by atoms with E-state index in [0.717, 1.165) is 16.1 Å². The first-order valence-electron chi connectivity index (χ1n) is 13.6. The highest BCUT2D eigenvalue weighted by Gasteiger charge is 2.34. The number of amides is 1. The Morgan fingerprint density at radius 1 is 1.02 bits per heavy atom. The molecular formula is C28H41N3O8S2. The summed E-state index contributed by atoms with van der Waals surface area (Å²) in [5.74, 6) is -0.673. The summed E-state index contributed by atoms with van der Waals surface area (Å²) in [4.78, 5) is 13.2. The van der Waals surface area contributed by atoms with Crippen LogP contribution in [0, 0.1) is 5.92 Å². The molecule has 0 bridgehead atoms. The Morgan fingerprint density at radius 3 is 2.22 bits per heavy atom. The van der Waals surface area contributed by atoms with E-state index in [9.17, 15) is 31.8 Å². The van der Waals surface area contributed by atoms with Gasteiger partial charge in [-0.05, 0) is 42.0 Å². The molecule has 3 rings (SSSR count). The SMILES string of the molecule is CC(C)CN(C[C@@H](O)[C@H](Cc1ccccc1)NC(=O)CN([C@H]1CCOC1)S(C)(=O)=O)S(=O)(=O)c1ccc(CO)cc1. The predicted molar refractivity (Wildman–Crippen MR) is 155 cm³/mol. The fraction of sp³-hybridized carbons (Fsp3) is 0.536. The van der Waals surface area contributed by atoms with Crippen molar-refractivity contribution in [3.8, 4) is 0 Å². The Hall–Kier alpha value is -2.39. The number of aliphatic hydroxyl groups excluding tert-OH is 2. The zero-order valence-electron chi connectivity index (χ0n) is 23.7. The van der Waals surface area contributed by atoms with Gasteiger partial charge in [0.25, 0.3) is 0 Å². The van der Waals surface area contributed by atoms with Crippen molar-refractivity contribution in [1.29, 1.82) is 0 Å². The lowest BCUT2D eigenvalue weighted by Gasteiger charge is -2.31.